The van der Waals surface area contributed by atoms with Crippen molar-refractivity contribution in [1.29, 1.82) is 0 Å². The number of carbonyl (C=O) groups excluding carboxylic acids is 3. The number of nitrogens with one attached hydrogen (secondary N) is 1. The number of amides is 2. The summed E-state index contributed by atoms with van der Waals surface area (Å²) in [7, 11) is 1.30. The number of hydrogen-bond donors (Lipinski definition) is 1. The average Bonchev–Trinajstić information content (AvgIpc) is 2.73. The molecular weight excluding hydrogens is 424 g/mol. The van der Waals surface area contributed by atoms with Crippen LogP contribution in [0.25, 0.3) is 0 Å². The van der Waals surface area contributed by atoms with Crippen molar-refractivity contribution < 1.29 is 19.1 Å². The van der Waals surface area contributed by atoms with Crippen molar-refractivity contribution in [2.45, 2.75) is 12.8 Å². The number of likely N-dealkylation sites (tertiary alicyclic amines) is 1. The number of benzene rings is 2. The van der Waals surface area contributed by atoms with Crippen LogP contribution in [0, 0.1) is 5.92 Å². The third kappa shape index (κ3) is 4.59. The number of ether oxygens (including phenoxy) is 1. The lowest BCUT2D eigenvalue weighted by Gasteiger charge is -2.31. The van der Waals surface area contributed by atoms with E-state index in [1.807, 2.05) is 12.1 Å². The van der Waals surface area contributed by atoms with E-state index in [4.69, 9.17) is 4.74 Å². The first-order valence-electron chi connectivity index (χ1n) is 9.02. The number of methoxy groups -OCH3 is 1. The fourth-order valence-corrected chi connectivity index (χ4v) is 3.50. The Bertz CT molecular complexity index is 874. The molecule has 6 nitrogen and oxygen atoms in total. The van der Waals surface area contributed by atoms with Crippen LogP contribution in [0.2, 0.25) is 0 Å². The third-order valence-corrected chi connectivity index (χ3v) is 5.36. The molecule has 0 aromatic heterocycles. The van der Waals surface area contributed by atoms with Crippen molar-refractivity contribution in [1.82, 2.24) is 4.90 Å². The highest BCUT2D eigenvalue weighted by atomic mass is 79.9. The summed E-state index contributed by atoms with van der Waals surface area (Å²) in [5.41, 5.74) is 1.40. The molecule has 1 heterocycles. The lowest BCUT2D eigenvalue weighted by Crippen LogP contribution is -2.41. The maximum absolute atomic E-state index is 12.6. The van der Waals surface area contributed by atoms with Crippen LogP contribution in [0.1, 0.15) is 33.6 Å². The van der Waals surface area contributed by atoms with Crippen LogP contribution in [0.15, 0.2) is 53.0 Å². The van der Waals surface area contributed by atoms with Gasteiger partial charge in [-0.05, 0) is 49.2 Å². The zero-order valence-electron chi connectivity index (χ0n) is 15.5. The summed E-state index contributed by atoms with van der Waals surface area (Å²) in [4.78, 5) is 38.9. The summed E-state index contributed by atoms with van der Waals surface area (Å²) in [6, 6.07) is 14.0. The third-order valence-electron chi connectivity index (χ3n) is 4.83. The summed E-state index contributed by atoms with van der Waals surface area (Å²) >= 11 is 3.36. The molecule has 3 rings (SSSR count). The molecule has 0 atom stereocenters. The summed E-state index contributed by atoms with van der Waals surface area (Å²) in [6.45, 7) is 1.04. The first kappa shape index (κ1) is 20.1. The number of halogens is 1. The quantitative estimate of drug-likeness (QED) is 0.728. The predicted molar refractivity (Wildman–Crippen MR) is 109 cm³/mol. The van der Waals surface area contributed by atoms with Gasteiger partial charge in [-0.1, -0.05) is 28.1 Å². The van der Waals surface area contributed by atoms with Crippen molar-refractivity contribution in [2.75, 3.05) is 25.5 Å². The minimum Gasteiger partial charge on any atom is -0.465 e. The molecule has 0 aliphatic carbocycles. The molecule has 7 heteroatoms. The number of para-hydroxylation sites is 1. The monoisotopic (exact) mass is 444 g/mol. The van der Waals surface area contributed by atoms with E-state index in [-0.39, 0.29) is 17.7 Å². The fourth-order valence-electron chi connectivity index (χ4n) is 3.23. The van der Waals surface area contributed by atoms with Crippen molar-refractivity contribution in [3.8, 4) is 0 Å². The van der Waals surface area contributed by atoms with Crippen molar-refractivity contribution in [3.05, 3.63) is 64.1 Å². The van der Waals surface area contributed by atoms with E-state index in [1.54, 1.807) is 41.3 Å². The van der Waals surface area contributed by atoms with Gasteiger partial charge in [-0.2, -0.15) is 0 Å². The Labute approximate surface area is 172 Å². The van der Waals surface area contributed by atoms with Crippen molar-refractivity contribution >= 4 is 39.4 Å². The Kier molecular flexibility index (Phi) is 6.46. The minimum atomic E-state index is -0.495. The number of piperidine rings is 1. The molecule has 0 spiro atoms. The zero-order chi connectivity index (χ0) is 20.1. The van der Waals surface area contributed by atoms with Gasteiger partial charge in [0.1, 0.15) is 0 Å². The lowest BCUT2D eigenvalue weighted by atomic mass is 9.95. The molecule has 0 saturated carbocycles. The molecule has 2 amide bonds. The average molecular weight is 445 g/mol. The van der Waals surface area contributed by atoms with E-state index in [2.05, 4.69) is 21.2 Å². The molecule has 146 valence electrons. The van der Waals surface area contributed by atoms with Crippen LogP contribution >= 0.6 is 15.9 Å². The Morgan fingerprint density at radius 1 is 1.04 bits per heavy atom. The van der Waals surface area contributed by atoms with Crippen molar-refractivity contribution in [2.24, 2.45) is 5.92 Å². The standard InChI is InChI=1S/C21H21BrN2O4/c1-28-21(27)17-4-2-3-5-18(17)23-19(25)14-10-12-24(13-11-14)20(26)15-6-8-16(22)9-7-15/h2-9,14H,10-13H2,1H3,(H,23,25). The van der Waals surface area contributed by atoms with E-state index < -0.39 is 5.97 Å². The highest BCUT2D eigenvalue weighted by Crippen LogP contribution is 2.23. The zero-order valence-corrected chi connectivity index (χ0v) is 17.1. The van der Waals surface area contributed by atoms with Gasteiger partial charge in [0.25, 0.3) is 5.91 Å². The first-order valence-corrected chi connectivity index (χ1v) is 9.82. The molecular formula is C21H21BrN2O4. The van der Waals surface area contributed by atoms with Gasteiger partial charge in [0.2, 0.25) is 5.91 Å². The predicted octanol–water partition coefficient (Wildman–Crippen LogP) is 3.73. The summed E-state index contributed by atoms with van der Waals surface area (Å²) in [5.74, 6) is -0.875. The van der Waals surface area contributed by atoms with E-state index in [1.165, 1.54) is 7.11 Å². The number of hydrogen-bond acceptors (Lipinski definition) is 4. The van der Waals surface area contributed by atoms with Gasteiger partial charge < -0.3 is 15.0 Å². The lowest BCUT2D eigenvalue weighted by molar-refractivity contribution is -0.121. The van der Waals surface area contributed by atoms with Crippen LogP contribution in [0.3, 0.4) is 0 Å². The topological polar surface area (TPSA) is 75.7 Å². The molecule has 1 saturated heterocycles. The Balaban J connectivity index is 1.59. The van der Waals surface area contributed by atoms with Crippen LogP contribution in [0.4, 0.5) is 5.69 Å². The van der Waals surface area contributed by atoms with E-state index >= 15 is 0 Å². The molecule has 0 radical (unpaired) electrons. The SMILES string of the molecule is COC(=O)c1ccccc1NC(=O)C1CCN(C(=O)c2ccc(Br)cc2)CC1. The second-order valence-electron chi connectivity index (χ2n) is 6.60. The smallest absolute Gasteiger partial charge is 0.339 e. The summed E-state index contributed by atoms with van der Waals surface area (Å²) in [6.07, 6.45) is 1.16. The number of rotatable bonds is 4. The summed E-state index contributed by atoms with van der Waals surface area (Å²) < 4.78 is 5.68. The highest BCUT2D eigenvalue weighted by Gasteiger charge is 2.28. The normalized spacial score (nSPS) is 14.4. The van der Waals surface area contributed by atoms with Gasteiger partial charge >= 0.3 is 5.97 Å². The van der Waals surface area contributed by atoms with Gasteiger partial charge in [0, 0.05) is 29.0 Å². The maximum Gasteiger partial charge on any atom is 0.339 e. The first-order chi connectivity index (χ1) is 13.5. The largest absolute Gasteiger partial charge is 0.465 e. The Morgan fingerprint density at radius 2 is 1.68 bits per heavy atom. The molecule has 2 aromatic rings. The maximum atomic E-state index is 12.6. The van der Waals surface area contributed by atoms with Gasteiger partial charge in [0.05, 0.1) is 18.4 Å². The fraction of sp³-hybridized carbons (Fsp3) is 0.286. The van der Waals surface area contributed by atoms with Crippen molar-refractivity contribution in [3.63, 3.8) is 0 Å². The van der Waals surface area contributed by atoms with Gasteiger partial charge in [0.15, 0.2) is 0 Å². The second kappa shape index (κ2) is 9.01. The van der Waals surface area contributed by atoms with E-state index in [9.17, 15) is 14.4 Å². The molecule has 1 fully saturated rings. The van der Waals surface area contributed by atoms with Gasteiger partial charge in [-0.25, -0.2) is 4.79 Å². The summed E-state index contributed by atoms with van der Waals surface area (Å²) in [5, 5.41) is 2.83. The van der Waals surface area contributed by atoms with Crippen LogP contribution in [-0.2, 0) is 9.53 Å². The Morgan fingerprint density at radius 3 is 2.32 bits per heavy atom. The molecule has 0 unspecified atom stereocenters. The number of esters is 1. The molecule has 1 N–H and O–H groups in total. The molecule has 1 aliphatic heterocycles. The van der Waals surface area contributed by atoms with Gasteiger partial charge in [-0.3, -0.25) is 9.59 Å². The van der Waals surface area contributed by atoms with Gasteiger partial charge in [-0.15, -0.1) is 0 Å². The number of carbonyl (C=O) groups is 3. The van der Waals surface area contributed by atoms with Crippen LogP contribution in [-0.4, -0.2) is 42.9 Å². The number of nitrogens with zero attached hydrogens (tertiary/aromatic N) is 1. The second-order valence-corrected chi connectivity index (χ2v) is 7.52. The molecule has 0 bridgehead atoms. The molecule has 28 heavy (non-hydrogen) atoms. The minimum absolute atomic E-state index is 0.0256. The van der Waals surface area contributed by atoms with Crippen LogP contribution < -0.4 is 5.32 Å². The van der Waals surface area contributed by atoms with E-state index in [0.717, 1.165) is 4.47 Å². The van der Waals surface area contributed by atoms with E-state index in [0.29, 0.717) is 42.7 Å². The molecule has 2 aromatic carbocycles. The Hall–Kier alpha value is -2.67. The number of anilines is 1. The molecule has 1 aliphatic rings. The van der Waals surface area contributed by atoms with Crippen LogP contribution in [0.5, 0.6) is 0 Å². The highest BCUT2D eigenvalue weighted by molar-refractivity contribution is 9.10.